The van der Waals surface area contributed by atoms with Crippen LogP contribution < -0.4 is 5.32 Å². The van der Waals surface area contributed by atoms with Crippen LogP contribution in [0, 0.1) is 10.1 Å². The summed E-state index contributed by atoms with van der Waals surface area (Å²) in [4.78, 5) is 35.0. The van der Waals surface area contributed by atoms with Gasteiger partial charge in [0.2, 0.25) is 0 Å². The van der Waals surface area contributed by atoms with Gasteiger partial charge in [0.15, 0.2) is 6.10 Å². The van der Waals surface area contributed by atoms with Crippen molar-refractivity contribution in [3.05, 3.63) is 69.6 Å². The number of carbonyl (C=O) groups is 2. The summed E-state index contributed by atoms with van der Waals surface area (Å²) < 4.78 is 7.38. The van der Waals surface area contributed by atoms with Gasteiger partial charge in [-0.1, -0.05) is 29.5 Å². The molecule has 1 N–H and O–H groups in total. The Bertz CT molecular complexity index is 1320. The summed E-state index contributed by atoms with van der Waals surface area (Å²) in [6.07, 6.45) is -1.07. The van der Waals surface area contributed by atoms with Gasteiger partial charge in [-0.3, -0.25) is 14.9 Å². The highest BCUT2D eigenvalue weighted by Crippen LogP contribution is 2.31. The molecule has 0 saturated heterocycles. The van der Waals surface area contributed by atoms with E-state index in [-0.39, 0.29) is 9.88 Å². The molecule has 0 saturated carbocycles. The Kier molecular flexibility index (Phi) is 5.43. The van der Waals surface area contributed by atoms with Crippen molar-refractivity contribution in [2.45, 2.75) is 26.5 Å². The number of esters is 1. The largest absolute Gasteiger partial charge is 0.448 e. The average Bonchev–Trinajstić information content (AvgIpc) is 3.37. The van der Waals surface area contributed by atoms with Crippen LogP contribution in [-0.2, 0) is 16.1 Å². The Labute approximate surface area is 181 Å². The number of aryl methyl sites for hydroxylation is 1. The van der Waals surface area contributed by atoms with Crippen molar-refractivity contribution < 1.29 is 19.2 Å². The first kappa shape index (κ1) is 20.5. The molecule has 0 bridgehead atoms. The van der Waals surface area contributed by atoms with Gasteiger partial charge in [0.1, 0.15) is 4.88 Å². The van der Waals surface area contributed by atoms with Crippen molar-refractivity contribution in [3.8, 4) is 0 Å². The summed E-state index contributed by atoms with van der Waals surface area (Å²) in [6, 6.07) is 16.3. The Hall–Kier alpha value is -3.72. The van der Waals surface area contributed by atoms with Gasteiger partial charge in [-0.05, 0) is 44.2 Å². The number of carbonyl (C=O) groups excluding carboxylic acids is 2. The number of aromatic nitrogens is 1. The van der Waals surface area contributed by atoms with E-state index in [1.807, 2.05) is 36.4 Å². The van der Waals surface area contributed by atoms with E-state index in [4.69, 9.17) is 4.74 Å². The third kappa shape index (κ3) is 3.87. The standard InChI is InChI=1S/C22H19N3O5S/c1-3-24-17-7-5-4-6-15(17)16-12-14(8-9-18(16)24)23-21(26)13(2)30-22(27)19-10-11-20(31-19)25(28)29/h4-13H,3H2,1-2H3,(H,23,26)/t13-/m1/s1. The normalized spacial score (nSPS) is 12.1. The minimum absolute atomic E-state index is 0.0696. The average molecular weight is 437 g/mol. The van der Waals surface area contributed by atoms with Crippen LogP contribution >= 0.6 is 11.3 Å². The number of benzene rings is 2. The fraction of sp³-hybridized carbons (Fsp3) is 0.182. The lowest BCUT2D eigenvalue weighted by molar-refractivity contribution is -0.380. The second-order valence-corrected chi connectivity index (χ2v) is 7.99. The quantitative estimate of drug-likeness (QED) is 0.261. The van der Waals surface area contributed by atoms with Crippen LogP contribution in [0.3, 0.4) is 0 Å². The molecule has 0 fully saturated rings. The number of para-hydroxylation sites is 1. The minimum Gasteiger partial charge on any atom is -0.448 e. The molecule has 0 aliphatic rings. The SMILES string of the molecule is CCn1c2ccccc2c2cc(NC(=O)[C@@H](C)OC(=O)c3ccc([N+](=O)[O-])s3)ccc21. The topological polar surface area (TPSA) is 103 Å². The predicted molar refractivity (Wildman–Crippen MR) is 120 cm³/mol. The van der Waals surface area contributed by atoms with E-state index in [1.54, 1.807) is 0 Å². The molecule has 0 unspecified atom stereocenters. The number of nitro groups is 1. The lowest BCUT2D eigenvalue weighted by Crippen LogP contribution is -2.29. The lowest BCUT2D eigenvalue weighted by atomic mass is 10.1. The third-order valence-corrected chi connectivity index (χ3v) is 6.00. The van der Waals surface area contributed by atoms with Crippen molar-refractivity contribution in [2.24, 2.45) is 0 Å². The maximum absolute atomic E-state index is 12.6. The molecule has 31 heavy (non-hydrogen) atoms. The number of hydrogen-bond donors (Lipinski definition) is 1. The van der Waals surface area contributed by atoms with Gasteiger partial charge in [-0.25, -0.2) is 4.79 Å². The highest BCUT2D eigenvalue weighted by molar-refractivity contribution is 7.17. The van der Waals surface area contributed by atoms with Crippen LogP contribution in [0.4, 0.5) is 10.7 Å². The minimum atomic E-state index is -1.07. The van der Waals surface area contributed by atoms with E-state index < -0.39 is 22.9 Å². The number of rotatable bonds is 6. The molecule has 0 spiro atoms. The van der Waals surface area contributed by atoms with Crippen LogP contribution in [0.1, 0.15) is 23.5 Å². The van der Waals surface area contributed by atoms with Crippen molar-refractivity contribution >= 4 is 55.7 Å². The second-order valence-electron chi connectivity index (χ2n) is 6.93. The number of anilines is 1. The summed E-state index contributed by atoms with van der Waals surface area (Å²) in [6.45, 7) is 4.36. The predicted octanol–water partition coefficient (Wildman–Crippen LogP) is 4.97. The molecule has 4 rings (SSSR count). The molecular weight excluding hydrogens is 418 g/mol. The van der Waals surface area contributed by atoms with E-state index in [2.05, 4.69) is 22.9 Å². The van der Waals surface area contributed by atoms with Crippen LogP contribution in [0.25, 0.3) is 21.8 Å². The van der Waals surface area contributed by atoms with E-state index >= 15 is 0 Å². The first-order valence-corrected chi connectivity index (χ1v) is 10.5. The van der Waals surface area contributed by atoms with Gasteiger partial charge >= 0.3 is 11.0 Å². The smallest absolute Gasteiger partial charge is 0.349 e. The van der Waals surface area contributed by atoms with Gasteiger partial charge in [0.25, 0.3) is 5.91 Å². The molecule has 8 nitrogen and oxygen atoms in total. The Balaban J connectivity index is 1.51. The van der Waals surface area contributed by atoms with Crippen molar-refractivity contribution in [3.63, 3.8) is 0 Å². The summed E-state index contributed by atoms with van der Waals surface area (Å²) in [5, 5.41) is 15.5. The summed E-state index contributed by atoms with van der Waals surface area (Å²) in [5.74, 6) is -1.26. The van der Waals surface area contributed by atoms with E-state index in [1.165, 1.54) is 19.1 Å². The van der Waals surface area contributed by atoms with Crippen molar-refractivity contribution in [2.75, 3.05) is 5.32 Å². The number of thiophene rings is 1. The molecule has 158 valence electrons. The van der Waals surface area contributed by atoms with Crippen LogP contribution in [0.2, 0.25) is 0 Å². The van der Waals surface area contributed by atoms with E-state index in [9.17, 15) is 19.7 Å². The second kappa shape index (κ2) is 8.19. The fourth-order valence-corrected chi connectivity index (χ4v) is 4.23. The van der Waals surface area contributed by atoms with Gasteiger partial charge in [0, 0.05) is 40.1 Å². The number of amides is 1. The molecule has 0 radical (unpaired) electrons. The number of fused-ring (bicyclic) bond motifs is 3. The molecule has 1 amide bonds. The molecule has 2 aromatic carbocycles. The number of nitrogens with one attached hydrogen (secondary N) is 1. The zero-order chi connectivity index (χ0) is 22.1. The first-order valence-electron chi connectivity index (χ1n) is 9.66. The summed E-state index contributed by atoms with van der Waals surface area (Å²) >= 11 is 0.706. The van der Waals surface area contributed by atoms with Crippen LogP contribution in [0.15, 0.2) is 54.6 Å². The lowest BCUT2D eigenvalue weighted by Gasteiger charge is -2.13. The van der Waals surface area contributed by atoms with Crippen molar-refractivity contribution in [1.29, 1.82) is 0 Å². The highest BCUT2D eigenvalue weighted by atomic mass is 32.1. The van der Waals surface area contributed by atoms with E-state index in [0.29, 0.717) is 17.0 Å². The molecule has 2 heterocycles. The summed E-state index contributed by atoms with van der Waals surface area (Å²) in [7, 11) is 0. The summed E-state index contributed by atoms with van der Waals surface area (Å²) in [5.41, 5.74) is 2.78. The molecule has 0 aliphatic carbocycles. The maximum Gasteiger partial charge on any atom is 0.349 e. The van der Waals surface area contributed by atoms with Gasteiger partial charge < -0.3 is 14.6 Å². The molecular formula is C22H19N3O5S. The molecule has 9 heteroatoms. The zero-order valence-corrected chi connectivity index (χ0v) is 17.6. The third-order valence-electron chi connectivity index (χ3n) is 4.98. The Morgan fingerprint density at radius 2 is 1.87 bits per heavy atom. The van der Waals surface area contributed by atoms with Gasteiger partial charge in [0.05, 0.1) is 4.92 Å². The van der Waals surface area contributed by atoms with Gasteiger partial charge in [-0.15, -0.1) is 0 Å². The van der Waals surface area contributed by atoms with E-state index in [0.717, 1.165) is 28.4 Å². The molecule has 1 atom stereocenters. The zero-order valence-electron chi connectivity index (χ0n) is 16.8. The fourth-order valence-electron chi connectivity index (χ4n) is 3.52. The monoisotopic (exact) mass is 437 g/mol. The maximum atomic E-state index is 12.6. The number of nitrogens with zero attached hydrogens (tertiary/aromatic N) is 2. The molecule has 2 aromatic heterocycles. The van der Waals surface area contributed by atoms with Crippen molar-refractivity contribution in [1.82, 2.24) is 4.57 Å². The molecule has 0 aliphatic heterocycles. The van der Waals surface area contributed by atoms with Crippen LogP contribution in [-0.4, -0.2) is 27.5 Å². The number of hydrogen-bond acceptors (Lipinski definition) is 6. The highest BCUT2D eigenvalue weighted by Gasteiger charge is 2.22. The Morgan fingerprint density at radius 3 is 2.58 bits per heavy atom. The number of ether oxygens (including phenoxy) is 1. The van der Waals surface area contributed by atoms with Gasteiger partial charge in [-0.2, -0.15) is 0 Å². The molecule has 4 aromatic rings. The Morgan fingerprint density at radius 1 is 1.13 bits per heavy atom. The van der Waals surface area contributed by atoms with Crippen LogP contribution in [0.5, 0.6) is 0 Å². The first-order chi connectivity index (χ1) is 14.9.